The molecule has 1 unspecified atom stereocenters. The Morgan fingerprint density at radius 2 is 1.91 bits per heavy atom. The predicted molar refractivity (Wildman–Crippen MR) is 95.2 cm³/mol. The number of benzene rings is 2. The van der Waals surface area contributed by atoms with Gasteiger partial charge < -0.3 is 8.92 Å². The minimum atomic E-state index is 0.801. The molecule has 22 heavy (non-hydrogen) atoms. The summed E-state index contributed by atoms with van der Waals surface area (Å²) < 4.78 is 11.0. The lowest BCUT2D eigenvalue weighted by Gasteiger charge is -2.29. The first kappa shape index (κ1) is 15.7. The normalized spacial score (nSPS) is 14.5. The molecule has 1 aliphatic heterocycles. The van der Waals surface area contributed by atoms with Crippen LogP contribution in [0.2, 0.25) is 0 Å². The average molecular weight is 333 g/mol. The Morgan fingerprint density at radius 3 is 2.64 bits per heavy atom. The number of rotatable bonds is 5. The molecule has 2 aromatic carbocycles. The molecule has 0 aliphatic carbocycles. The molecule has 116 valence electrons. The standard InChI is InChI=1S/C17H20NO2PS/c1-19-16-10-15-12-18(11-13-5-3-2-4-6-13)8-7-14(15)9-17(16)20-22-21/h2-6,9-10H,7-8,11-12,21H2,1H3. The maximum absolute atomic E-state index is 5.56. The van der Waals surface area contributed by atoms with Crippen molar-refractivity contribution < 1.29 is 8.92 Å². The molecule has 3 rings (SSSR count). The highest BCUT2D eigenvalue weighted by atomic mass is 32.7. The van der Waals surface area contributed by atoms with Gasteiger partial charge in [0.05, 0.1) is 18.8 Å². The first-order valence-electron chi connectivity index (χ1n) is 7.29. The van der Waals surface area contributed by atoms with Gasteiger partial charge in [0.25, 0.3) is 0 Å². The summed E-state index contributed by atoms with van der Waals surface area (Å²) in [5.41, 5.74) is 4.05. The largest absolute Gasteiger partial charge is 0.493 e. The molecule has 0 aromatic heterocycles. The van der Waals surface area contributed by atoms with Crippen LogP contribution in [0.3, 0.4) is 0 Å². The second-order valence-electron chi connectivity index (χ2n) is 5.40. The molecule has 0 saturated heterocycles. The lowest BCUT2D eigenvalue weighted by molar-refractivity contribution is 0.244. The van der Waals surface area contributed by atoms with Crippen molar-refractivity contribution in [3.8, 4) is 11.5 Å². The van der Waals surface area contributed by atoms with Gasteiger partial charge in [-0.05, 0) is 43.7 Å². The number of methoxy groups -OCH3 is 1. The summed E-state index contributed by atoms with van der Waals surface area (Å²) in [5, 5.41) is 0. The molecular weight excluding hydrogens is 313 g/mol. The van der Waals surface area contributed by atoms with Gasteiger partial charge in [0.1, 0.15) is 0 Å². The average Bonchev–Trinajstić information content (AvgIpc) is 2.55. The summed E-state index contributed by atoms with van der Waals surface area (Å²) in [6, 6.07) is 14.9. The SMILES string of the molecule is COc1cc2c(cc1OSP)CCN(Cc1ccccc1)C2. The molecule has 0 amide bonds. The molecule has 0 N–H and O–H groups in total. The van der Waals surface area contributed by atoms with E-state index in [1.807, 2.05) is 0 Å². The van der Waals surface area contributed by atoms with E-state index >= 15 is 0 Å². The Morgan fingerprint density at radius 1 is 1.14 bits per heavy atom. The van der Waals surface area contributed by atoms with Gasteiger partial charge in [0.15, 0.2) is 11.5 Å². The van der Waals surface area contributed by atoms with Crippen molar-refractivity contribution >= 4 is 20.1 Å². The van der Waals surface area contributed by atoms with Gasteiger partial charge in [-0.3, -0.25) is 4.90 Å². The van der Waals surface area contributed by atoms with Gasteiger partial charge in [-0.2, -0.15) is 0 Å². The zero-order chi connectivity index (χ0) is 15.4. The summed E-state index contributed by atoms with van der Waals surface area (Å²) >= 11 is 1.26. The van der Waals surface area contributed by atoms with Gasteiger partial charge in [0, 0.05) is 19.6 Å². The molecule has 5 heteroatoms. The topological polar surface area (TPSA) is 21.7 Å². The van der Waals surface area contributed by atoms with E-state index in [1.165, 1.54) is 28.4 Å². The summed E-state index contributed by atoms with van der Waals surface area (Å²) in [5.74, 6) is 1.60. The van der Waals surface area contributed by atoms with Gasteiger partial charge in [-0.1, -0.05) is 30.3 Å². The van der Waals surface area contributed by atoms with E-state index in [-0.39, 0.29) is 0 Å². The zero-order valence-electron chi connectivity index (χ0n) is 12.6. The first-order valence-corrected chi connectivity index (χ1v) is 9.51. The van der Waals surface area contributed by atoms with Crippen LogP contribution in [-0.2, 0) is 19.5 Å². The summed E-state index contributed by atoms with van der Waals surface area (Å²) in [6.07, 6.45) is 1.05. The monoisotopic (exact) mass is 333 g/mol. The van der Waals surface area contributed by atoms with E-state index in [9.17, 15) is 0 Å². The smallest absolute Gasteiger partial charge is 0.179 e. The van der Waals surface area contributed by atoms with Crippen LogP contribution in [0.5, 0.6) is 11.5 Å². The van der Waals surface area contributed by atoms with Gasteiger partial charge in [-0.25, -0.2) is 0 Å². The molecule has 2 aromatic rings. The molecule has 0 spiro atoms. The van der Waals surface area contributed by atoms with Crippen molar-refractivity contribution in [3.63, 3.8) is 0 Å². The van der Waals surface area contributed by atoms with Crippen LogP contribution in [-0.4, -0.2) is 18.6 Å². The van der Waals surface area contributed by atoms with Gasteiger partial charge in [-0.15, -0.1) is 0 Å². The molecule has 0 saturated carbocycles. The third-order valence-electron chi connectivity index (χ3n) is 3.96. The van der Waals surface area contributed by atoms with Crippen molar-refractivity contribution in [2.75, 3.05) is 13.7 Å². The lowest BCUT2D eigenvalue weighted by atomic mass is 9.98. The van der Waals surface area contributed by atoms with Crippen LogP contribution >= 0.6 is 20.1 Å². The number of ether oxygens (including phenoxy) is 1. The van der Waals surface area contributed by atoms with Crippen molar-refractivity contribution in [2.24, 2.45) is 0 Å². The summed E-state index contributed by atoms with van der Waals surface area (Å²) in [6.45, 7) is 3.01. The Balaban J connectivity index is 1.77. The number of nitrogens with zero attached hydrogens (tertiary/aromatic N) is 1. The third-order valence-corrected chi connectivity index (χ3v) is 4.53. The van der Waals surface area contributed by atoms with Crippen molar-refractivity contribution in [2.45, 2.75) is 19.5 Å². The van der Waals surface area contributed by atoms with Crippen LogP contribution in [0.15, 0.2) is 42.5 Å². The zero-order valence-corrected chi connectivity index (χ0v) is 14.6. The van der Waals surface area contributed by atoms with E-state index in [2.05, 4.69) is 55.8 Å². The summed E-state index contributed by atoms with van der Waals surface area (Å²) in [7, 11) is 4.18. The Labute approximate surface area is 138 Å². The van der Waals surface area contributed by atoms with E-state index in [1.54, 1.807) is 7.11 Å². The predicted octanol–water partition coefficient (Wildman–Crippen LogP) is 4.07. The van der Waals surface area contributed by atoms with Crippen LogP contribution in [0.25, 0.3) is 0 Å². The van der Waals surface area contributed by atoms with Crippen LogP contribution in [0.1, 0.15) is 16.7 Å². The second kappa shape index (κ2) is 7.36. The van der Waals surface area contributed by atoms with Crippen molar-refractivity contribution in [1.29, 1.82) is 0 Å². The molecule has 1 atom stereocenters. The van der Waals surface area contributed by atoms with Crippen LogP contribution in [0.4, 0.5) is 0 Å². The fourth-order valence-corrected chi connectivity index (χ4v) is 3.42. The fraction of sp³-hybridized carbons (Fsp3) is 0.294. The molecule has 3 nitrogen and oxygen atoms in total. The van der Waals surface area contributed by atoms with Crippen LogP contribution in [0, 0.1) is 0 Å². The third kappa shape index (κ3) is 3.57. The van der Waals surface area contributed by atoms with E-state index in [4.69, 9.17) is 8.92 Å². The quantitative estimate of drug-likeness (QED) is 0.607. The Hall–Kier alpha value is -1.22. The van der Waals surface area contributed by atoms with Crippen molar-refractivity contribution in [1.82, 2.24) is 4.90 Å². The second-order valence-corrected chi connectivity index (χ2v) is 6.33. The maximum Gasteiger partial charge on any atom is 0.179 e. The number of hydrogen-bond donors (Lipinski definition) is 0. The molecule has 0 radical (unpaired) electrons. The molecule has 0 fully saturated rings. The fourth-order valence-electron chi connectivity index (χ4n) is 2.88. The Kier molecular flexibility index (Phi) is 5.24. The highest BCUT2D eigenvalue weighted by molar-refractivity contribution is 8.41. The minimum absolute atomic E-state index is 0.801. The lowest BCUT2D eigenvalue weighted by Crippen LogP contribution is -2.30. The van der Waals surface area contributed by atoms with Crippen molar-refractivity contribution in [3.05, 3.63) is 59.2 Å². The summed E-state index contributed by atoms with van der Waals surface area (Å²) in [4.78, 5) is 2.47. The minimum Gasteiger partial charge on any atom is -0.493 e. The van der Waals surface area contributed by atoms with E-state index in [0.29, 0.717) is 0 Å². The first-order chi connectivity index (χ1) is 10.8. The molecule has 0 bridgehead atoms. The van der Waals surface area contributed by atoms with E-state index < -0.39 is 0 Å². The highest BCUT2D eigenvalue weighted by Gasteiger charge is 2.19. The maximum atomic E-state index is 5.56. The van der Waals surface area contributed by atoms with Gasteiger partial charge >= 0.3 is 0 Å². The number of hydrogen-bond acceptors (Lipinski definition) is 4. The molecular formula is C17H20NO2PS. The molecule has 1 heterocycles. The van der Waals surface area contributed by atoms with Gasteiger partial charge in [0.2, 0.25) is 0 Å². The Bertz CT molecular complexity index is 636. The highest BCUT2D eigenvalue weighted by Crippen LogP contribution is 2.36. The molecule has 1 aliphatic rings. The van der Waals surface area contributed by atoms with E-state index in [0.717, 1.165) is 37.6 Å². The van der Waals surface area contributed by atoms with Crippen LogP contribution < -0.4 is 8.92 Å². The number of fused-ring (bicyclic) bond motifs is 1.